The summed E-state index contributed by atoms with van der Waals surface area (Å²) < 4.78 is 7.99. The number of nitrogens with zero attached hydrogens (tertiary/aromatic N) is 2. The van der Waals surface area contributed by atoms with Crippen LogP contribution in [0.1, 0.15) is 22.3 Å². The number of carbonyl (C=O) groups excluding carboxylic acids is 1. The van der Waals surface area contributed by atoms with Crippen LogP contribution in [0.15, 0.2) is 36.8 Å². The minimum atomic E-state index is -0.271. The summed E-state index contributed by atoms with van der Waals surface area (Å²) in [6, 6.07) is 5.69. The summed E-state index contributed by atoms with van der Waals surface area (Å²) in [5.74, 6) is -0.271. The Morgan fingerprint density at radius 1 is 1.34 bits per heavy atom. The van der Waals surface area contributed by atoms with Crippen molar-refractivity contribution in [3.05, 3.63) is 58.0 Å². The molecule has 1 saturated heterocycles. The third-order valence-electron chi connectivity index (χ3n) is 5.13. The summed E-state index contributed by atoms with van der Waals surface area (Å²) in [5, 5.41) is 7.87. The average Bonchev–Trinajstić information content (AvgIpc) is 3.05. The van der Waals surface area contributed by atoms with Crippen molar-refractivity contribution in [2.45, 2.75) is 26.0 Å². The highest BCUT2D eigenvalue weighted by atomic mass is 35.5. The van der Waals surface area contributed by atoms with Gasteiger partial charge in [0.05, 0.1) is 28.4 Å². The van der Waals surface area contributed by atoms with E-state index in [-0.39, 0.29) is 12.0 Å². The van der Waals surface area contributed by atoms with Crippen molar-refractivity contribution in [1.82, 2.24) is 14.9 Å². The lowest BCUT2D eigenvalue weighted by atomic mass is 10.1. The molecule has 0 spiro atoms. The molecule has 0 bridgehead atoms. The van der Waals surface area contributed by atoms with Gasteiger partial charge in [-0.2, -0.15) is 0 Å². The Morgan fingerprint density at radius 2 is 2.14 bits per heavy atom. The number of hydrogen-bond acceptors (Lipinski definition) is 4. The number of pyridine rings is 1. The van der Waals surface area contributed by atoms with Crippen LogP contribution in [-0.2, 0) is 11.3 Å². The predicted molar refractivity (Wildman–Crippen MR) is 116 cm³/mol. The van der Waals surface area contributed by atoms with Crippen LogP contribution < -0.4 is 10.6 Å². The summed E-state index contributed by atoms with van der Waals surface area (Å²) in [6.45, 7) is 5.43. The summed E-state index contributed by atoms with van der Waals surface area (Å²) >= 11 is 12.2. The van der Waals surface area contributed by atoms with Gasteiger partial charge in [-0.1, -0.05) is 29.3 Å². The SMILES string of the molecule is Cc1cn(CCC2CNCCO2)c2cc(C(=O)Nc3c(Cl)cncc3Cl)ccc12. The van der Waals surface area contributed by atoms with E-state index in [4.69, 9.17) is 27.9 Å². The molecule has 1 fully saturated rings. The minimum Gasteiger partial charge on any atom is -0.376 e. The van der Waals surface area contributed by atoms with E-state index < -0.39 is 0 Å². The molecule has 1 unspecified atom stereocenters. The zero-order chi connectivity index (χ0) is 20.4. The molecule has 1 aliphatic rings. The van der Waals surface area contributed by atoms with Gasteiger partial charge in [-0.3, -0.25) is 9.78 Å². The van der Waals surface area contributed by atoms with Crippen molar-refractivity contribution >= 4 is 45.7 Å². The molecule has 2 N–H and O–H groups in total. The lowest BCUT2D eigenvalue weighted by molar-refractivity contribution is 0.0212. The summed E-state index contributed by atoms with van der Waals surface area (Å²) in [6.07, 6.45) is 6.14. The van der Waals surface area contributed by atoms with Gasteiger partial charge in [0.25, 0.3) is 5.91 Å². The third-order valence-corrected chi connectivity index (χ3v) is 5.71. The molecular formula is C21H22Cl2N4O2. The first-order chi connectivity index (χ1) is 14.0. The molecule has 2 aromatic heterocycles. The Morgan fingerprint density at radius 3 is 2.86 bits per heavy atom. The van der Waals surface area contributed by atoms with Crippen molar-refractivity contribution in [2.75, 3.05) is 25.0 Å². The van der Waals surface area contributed by atoms with Gasteiger partial charge < -0.3 is 19.9 Å². The molecular weight excluding hydrogens is 411 g/mol. The first-order valence-corrected chi connectivity index (χ1v) is 10.3. The van der Waals surface area contributed by atoms with Crippen molar-refractivity contribution in [1.29, 1.82) is 0 Å². The largest absolute Gasteiger partial charge is 0.376 e. The molecule has 0 radical (unpaired) electrons. The van der Waals surface area contributed by atoms with Crippen molar-refractivity contribution < 1.29 is 9.53 Å². The van der Waals surface area contributed by atoms with Crippen LogP contribution in [0.5, 0.6) is 0 Å². The van der Waals surface area contributed by atoms with Crippen molar-refractivity contribution in [2.24, 2.45) is 0 Å². The molecule has 1 atom stereocenters. The second-order valence-electron chi connectivity index (χ2n) is 7.16. The lowest BCUT2D eigenvalue weighted by Gasteiger charge is -2.23. The molecule has 0 saturated carbocycles. The Hall–Kier alpha value is -2.12. The van der Waals surface area contributed by atoms with Crippen LogP contribution in [0.2, 0.25) is 10.0 Å². The molecule has 152 valence electrons. The second kappa shape index (κ2) is 8.71. The maximum Gasteiger partial charge on any atom is 0.255 e. The quantitative estimate of drug-likeness (QED) is 0.630. The number of benzene rings is 1. The van der Waals surface area contributed by atoms with Gasteiger partial charge in [-0.15, -0.1) is 0 Å². The standard InChI is InChI=1S/C21H22Cl2N4O2/c1-13-12-27(6-4-15-9-24-5-7-29-15)19-8-14(2-3-16(13)19)21(28)26-20-17(22)10-25-11-18(20)23/h2-3,8,10-12,15,24H,4-7,9H2,1H3,(H,25,26,28). The zero-order valence-corrected chi connectivity index (χ0v) is 17.6. The highest BCUT2D eigenvalue weighted by Crippen LogP contribution is 2.30. The van der Waals surface area contributed by atoms with Crippen molar-refractivity contribution in [3.63, 3.8) is 0 Å². The van der Waals surface area contributed by atoms with Gasteiger partial charge in [-0.25, -0.2) is 0 Å². The number of aryl methyl sites for hydroxylation is 2. The molecule has 1 aliphatic heterocycles. The van der Waals surface area contributed by atoms with Gasteiger partial charge in [0.15, 0.2) is 0 Å². The van der Waals surface area contributed by atoms with Gasteiger partial charge in [-0.05, 0) is 31.0 Å². The fraction of sp³-hybridized carbons (Fsp3) is 0.333. The predicted octanol–water partition coefficient (Wildman–Crippen LogP) is 4.28. The molecule has 3 heterocycles. The molecule has 0 aliphatic carbocycles. The first-order valence-electron chi connectivity index (χ1n) is 9.55. The second-order valence-corrected chi connectivity index (χ2v) is 7.97. The van der Waals surface area contributed by atoms with E-state index in [1.54, 1.807) is 0 Å². The van der Waals surface area contributed by atoms with Crippen LogP contribution in [0.4, 0.5) is 5.69 Å². The number of amides is 1. The van der Waals surface area contributed by atoms with Crippen molar-refractivity contribution in [3.8, 4) is 0 Å². The summed E-state index contributed by atoms with van der Waals surface area (Å²) in [4.78, 5) is 16.7. The normalized spacial score (nSPS) is 16.9. The maximum absolute atomic E-state index is 12.8. The fourth-order valence-electron chi connectivity index (χ4n) is 3.61. The van der Waals surface area contributed by atoms with E-state index in [1.807, 2.05) is 18.2 Å². The smallest absolute Gasteiger partial charge is 0.255 e. The van der Waals surface area contributed by atoms with Gasteiger partial charge in [0, 0.05) is 54.7 Å². The first kappa shape index (κ1) is 20.2. The summed E-state index contributed by atoms with van der Waals surface area (Å²) in [7, 11) is 0. The molecule has 29 heavy (non-hydrogen) atoms. The Labute approximate surface area is 179 Å². The third kappa shape index (κ3) is 4.41. The Balaban J connectivity index is 1.56. The number of rotatable bonds is 5. The molecule has 4 rings (SSSR count). The number of nitrogens with one attached hydrogen (secondary N) is 2. The fourth-order valence-corrected chi connectivity index (χ4v) is 4.07. The Bertz CT molecular complexity index is 1020. The van der Waals surface area contributed by atoms with E-state index in [1.165, 1.54) is 18.0 Å². The Kier molecular flexibility index (Phi) is 6.06. The highest BCUT2D eigenvalue weighted by molar-refractivity contribution is 6.39. The van der Waals surface area contributed by atoms with E-state index in [9.17, 15) is 4.79 Å². The van der Waals surface area contributed by atoms with Crippen LogP contribution in [0, 0.1) is 6.92 Å². The molecule has 6 nitrogen and oxygen atoms in total. The number of aromatic nitrogens is 2. The highest BCUT2D eigenvalue weighted by Gasteiger charge is 2.16. The average molecular weight is 433 g/mol. The minimum absolute atomic E-state index is 0.212. The van der Waals surface area contributed by atoms with E-state index in [2.05, 4.69) is 33.3 Å². The summed E-state index contributed by atoms with van der Waals surface area (Å²) in [5.41, 5.74) is 3.10. The number of carbonyl (C=O) groups is 1. The monoisotopic (exact) mass is 432 g/mol. The van der Waals surface area contributed by atoms with Crippen LogP contribution in [-0.4, -0.2) is 41.3 Å². The number of halogens is 2. The van der Waals surface area contributed by atoms with E-state index >= 15 is 0 Å². The van der Waals surface area contributed by atoms with Crippen LogP contribution in [0.25, 0.3) is 10.9 Å². The number of fused-ring (bicyclic) bond motifs is 1. The topological polar surface area (TPSA) is 68.2 Å². The van der Waals surface area contributed by atoms with Crippen LogP contribution in [0.3, 0.4) is 0 Å². The molecule has 3 aromatic rings. The molecule has 8 heteroatoms. The number of morpholine rings is 1. The van der Waals surface area contributed by atoms with E-state index in [0.717, 1.165) is 43.6 Å². The van der Waals surface area contributed by atoms with Gasteiger partial charge in [0.2, 0.25) is 0 Å². The zero-order valence-electron chi connectivity index (χ0n) is 16.0. The number of anilines is 1. The maximum atomic E-state index is 12.8. The van der Waals surface area contributed by atoms with Gasteiger partial charge in [0.1, 0.15) is 0 Å². The van der Waals surface area contributed by atoms with E-state index in [0.29, 0.717) is 21.3 Å². The number of ether oxygens (including phenoxy) is 1. The number of hydrogen-bond donors (Lipinski definition) is 2. The molecule has 1 aromatic carbocycles. The van der Waals surface area contributed by atoms with Crippen LogP contribution >= 0.6 is 23.2 Å². The lowest BCUT2D eigenvalue weighted by Crippen LogP contribution is -2.38. The molecule has 1 amide bonds. The van der Waals surface area contributed by atoms with Gasteiger partial charge >= 0.3 is 0 Å².